The van der Waals surface area contributed by atoms with Gasteiger partial charge in [-0.25, -0.2) is 14.0 Å². The van der Waals surface area contributed by atoms with Crippen LogP contribution in [0.15, 0.2) is 79.1 Å². The minimum absolute atomic E-state index is 0.0374. The summed E-state index contributed by atoms with van der Waals surface area (Å²) in [5.74, 6) is -2.29. The zero-order valence-electron chi connectivity index (χ0n) is 29.9. The summed E-state index contributed by atoms with van der Waals surface area (Å²) in [6, 6.07) is 15.4. The fourth-order valence-electron chi connectivity index (χ4n) is 6.33. The molecule has 9 nitrogen and oxygen atoms in total. The molecule has 4 heterocycles. The number of para-hydroxylation sites is 1. The van der Waals surface area contributed by atoms with Crippen molar-refractivity contribution in [3.8, 4) is 11.5 Å². The number of benzene rings is 3. The first-order valence-corrected chi connectivity index (χ1v) is 16.8. The van der Waals surface area contributed by atoms with Crippen LogP contribution in [0.25, 0.3) is 0 Å². The van der Waals surface area contributed by atoms with Crippen LogP contribution >= 0.6 is 23.2 Å². The summed E-state index contributed by atoms with van der Waals surface area (Å²) < 4.78 is 85.0. The second-order valence-corrected chi connectivity index (χ2v) is 13.0. The number of carbonyl (C=O) groups is 2. The van der Waals surface area contributed by atoms with Gasteiger partial charge in [0.15, 0.2) is 11.5 Å². The van der Waals surface area contributed by atoms with Gasteiger partial charge in [0.25, 0.3) is 0 Å². The van der Waals surface area contributed by atoms with E-state index in [1.807, 2.05) is 0 Å². The van der Waals surface area contributed by atoms with Crippen LogP contribution in [0.2, 0.25) is 10.0 Å². The van der Waals surface area contributed by atoms with E-state index >= 15 is 4.39 Å². The van der Waals surface area contributed by atoms with Crippen molar-refractivity contribution in [3.63, 3.8) is 0 Å². The van der Waals surface area contributed by atoms with Crippen molar-refractivity contribution < 1.29 is 45.8 Å². The van der Waals surface area contributed by atoms with E-state index in [1.165, 1.54) is 53.7 Å². The van der Waals surface area contributed by atoms with Gasteiger partial charge in [-0.3, -0.25) is 14.8 Å². The molecule has 0 N–H and O–H groups in total. The van der Waals surface area contributed by atoms with Gasteiger partial charge < -0.3 is 18.9 Å². The van der Waals surface area contributed by atoms with Crippen LogP contribution in [0.5, 0.6) is 11.5 Å². The Kier molecular flexibility index (Phi) is 10.3. The molecule has 14 heteroatoms. The maximum atomic E-state index is 15.0. The molecule has 2 bridgehead atoms. The summed E-state index contributed by atoms with van der Waals surface area (Å²) in [4.78, 5) is 34.6. The number of pyridine rings is 1. The molecule has 268 valence electrons. The number of methoxy groups -OCH3 is 1. The van der Waals surface area contributed by atoms with Gasteiger partial charge in [0, 0.05) is 25.4 Å². The van der Waals surface area contributed by atoms with Gasteiger partial charge in [-0.15, -0.1) is 0 Å². The molecule has 1 amide bonds. The Bertz CT molecular complexity index is 1950. The smallest absolute Gasteiger partial charge is 0.415 e. The molecule has 3 aromatic carbocycles. The number of piperidine rings is 3. The van der Waals surface area contributed by atoms with Crippen LogP contribution in [0.4, 0.5) is 23.7 Å². The number of hydrogen-bond acceptors (Lipinski definition) is 8. The first-order valence-electron chi connectivity index (χ1n) is 17.5. The number of amides is 1. The molecule has 4 aromatic rings. The predicted molar refractivity (Wildman–Crippen MR) is 184 cm³/mol. The molecule has 0 aliphatic carbocycles. The number of hydrogen-bond donors (Lipinski definition) is 0. The summed E-state index contributed by atoms with van der Waals surface area (Å²) in [6.45, 7) is -0.814. The maximum absolute atomic E-state index is 15.0. The summed E-state index contributed by atoms with van der Waals surface area (Å²) >= 11 is 12.7. The van der Waals surface area contributed by atoms with Crippen LogP contribution < -0.4 is 14.4 Å². The Morgan fingerprint density at radius 2 is 1.75 bits per heavy atom. The number of rotatable bonds is 12. The average molecular weight is 748 g/mol. The SMILES string of the molecule is [2H]C([2H])([2H])Oc1cc([C@H](Cc2c(Cl)cncc2Cl)OC(=O)c2ccc(CN(C(=O)O[C@H]3CN4CCC3CC4)c3ccccc3F)cc2)ccc1OC(F)F. The molecule has 0 radical (unpaired) electrons. The number of aromatic nitrogens is 1. The van der Waals surface area contributed by atoms with E-state index < -0.39 is 49.1 Å². The largest absolute Gasteiger partial charge is 0.493 e. The van der Waals surface area contributed by atoms with Crippen molar-refractivity contribution >= 4 is 41.0 Å². The van der Waals surface area contributed by atoms with E-state index in [4.69, 9.17) is 41.5 Å². The Morgan fingerprint density at radius 1 is 1.02 bits per heavy atom. The number of anilines is 1. The standard InChI is InChI=1S/C37H34Cl2F3N3O6/c1-48-33-16-25(10-11-31(33)50-36(41)42)32(17-26-27(38)18-43-19-28(26)39)49-35(46)24-8-6-22(7-9-24)20-45(30-5-3-2-4-29(30)40)37(47)51-34-21-44-14-12-23(34)13-15-44/h2-11,16,18-19,23,32,34,36H,12-15,17,20-21H2,1H3/t32-,34-/m0/s1/i1D3. The Hall–Kier alpha value is -4.52. The van der Waals surface area contributed by atoms with E-state index in [2.05, 4.69) is 14.6 Å². The van der Waals surface area contributed by atoms with Crippen LogP contribution in [-0.4, -0.2) is 61.3 Å². The fourth-order valence-corrected chi connectivity index (χ4v) is 6.85. The van der Waals surface area contributed by atoms with Gasteiger partial charge in [-0.05, 0) is 84.9 Å². The number of esters is 1. The first-order chi connectivity index (χ1) is 25.7. The van der Waals surface area contributed by atoms with Gasteiger partial charge in [0.05, 0.1) is 39.0 Å². The number of halogens is 5. The lowest BCUT2D eigenvalue weighted by Crippen LogP contribution is -2.53. The molecular formula is C37H34Cl2F3N3O6. The number of alkyl halides is 2. The summed E-state index contributed by atoms with van der Waals surface area (Å²) in [6.07, 6.45) is 2.19. The van der Waals surface area contributed by atoms with Crippen molar-refractivity contribution in [1.82, 2.24) is 9.88 Å². The highest BCUT2D eigenvalue weighted by Gasteiger charge is 2.38. The van der Waals surface area contributed by atoms with Gasteiger partial charge in [-0.1, -0.05) is 53.5 Å². The molecule has 0 spiro atoms. The van der Waals surface area contributed by atoms with E-state index in [0.717, 1.165) is 38.1 Å². The van der Waals surface area contributed by atoms with E-state index in [1.54, 1.807) is 18.2 Å². The van der Waals surface area contributed by atoms with Gasteiger partial charge >= 0.3 is 18.7 Å². The zero-order valence-corrected chi connectivity index (χ0v) is 28.5. The lowest BCUT2D eigenvalue weighted by molar-refractivity contribution is -0.0512. The van der Waals surface area contributed by atoms with Crippen molar-refractivity contribution in [1.29, 1.82) is 0 Å². The highest BCUT2D eigenvalue weighted by atomic mass is 35.5. The minimum atomic E-state index is -3.28. The van der Waals surface area contributed by atoms with Gasteiger partial charge in [0.2, 0.25) is 0 Å². The van der Waals surface area contributed by atoms with E-state index in [9.17, 15) is 18.4 Å². The number of ether oxygens (including phenoxy) is 4. The Labute approximate surface area is 307 Å². The third-order valence-corrected chi connectivity index (χ3v) is 9.65. The summed E-state index contributed by atoms with van der Waals surface area (Å²) in [7, 11) is -3.03. The highest BCUT2D eigenvalue weighted by molar-refractivity contribution is 6.35. The van der Waals surface area contributed by atoms with Crippen molar-refractivity contribution in [2.75, 3.05) is 31.6 Å². The highest BCUT2D eigenvalue weighted by Crippen LogP contribution is 2.37. The molecule has 3 aliphatic rings. The normalized spacial score (nSPS) is 19.7. The molecule has 0 saturated carbocycles. The predicted octanol–water partition coefficient (Wildman–Crippen LogP) is 8.52. The molecule has 0 unspecified atom stereocenters. The Balaban J connectivity index is 1.24. The molecule has 3 fully saturated rings. The van der Waals surface area contributed by atoms with Crippen molar-refractivity contribution in [2.24, 2.45) is 5.92 Å². The molecule has 7 rings (SSSR count). The van der Waals surface area contributed by atoms with Crippen LogP contribution in [-0.2, 0) is 22.4 Å². The lowest BCUT2D eigenvalue weighted by atomic mass is 9.86. The van der Waals surface area contributed by atoms with Crippen LogP contribution in [0.1, 0.15) is 50.1 Å². The maximum Gasteiger partial charge on any atom is 0.415 e. The number of fused-ring (bicyclic) bond motifs is 3. The third-order valence-electron chi connectivity index (χ3n) is 9.00. The molecule has 3 aliphatic heterocycles. The molecular weight excluding hydrogens is 710 g/mol. The second kappa shape index (κ2) is 16.2. The Morgan fingerprint density at radius 3 is 2.39 bits per heavy atom. The lowest BCUT2D eigenvalue weighted by Gasteiger charge is -2.44. The molecule has 2 atom stereocenters. The van der Waals surface area contributed by atoms with E-state index in [0.29, 0.717) is 17.7 Å². The minimum Gasteiger partial charge on any atom is -0.493 e. The molecule has 3 saturated heterocycles. The van der Waals surface area contributed by atoms with Crippen molar-refractivity contribution in [3.05, 3.63) is 117 Å². The van der Waals surface area contributed by atoms with Gasteiger partial charge in [-0.2, -0.15) is 8.78 Å². The number of carbonyl (C=O) groups excluding carboxylic acids is 2. The zero-order chi connectivity index (χ0) is 38.6. The fraction of sp³-hybridized carbons (Fsp3) is 0.324. The second-order valence-electron chi connectivity index (χ2n) is 12.2. The topological polar surface area (TPSA) is 90.4 Å². The first kappa shape index (κ1) is 32.4. The molecule has 51 heavy (non-hydrogen) atoms. The van der Waals surface area contributed by atoms with E-state index in [-0.39, 0.29) is 51.8 Å². The monoisotopic (exact) mass is 746 g/mol. The quantitative estimate of drug-likeness (QED) is 0.133. The van der Waals surface area contributed by atoms with Crippen LogP contribution in [0, 0.1) is 11.7 Å². The average Bonchev–Trinajstić information content (AvgIpc) is 3.12. The third kappa shape index (κ3) is 8.69. The molecule has 1 aromatic heterocycles. The van der Waals surface area contributed by atoms with Gasteiger partial charge in [0.1, 0.15) is 18.0 Å². The summed E-state index contributed by atoms with van der Waals surface area (Å²) in [5, 5.41) is 0.298. The van der Waals surface area contributed by atoms with Crippen LogP contribution in [0.3, 0.4) is 0 Å². The van der Waals surface area contributed by atoms with Crippen molar-refractivity contribution in [2.45, 2.75) is 44.6 Å². The number of nitrogens with zero attached hydrogens (tertiary/aromatic N) is 3. The summed E-state index contributed by atoms with van der Waals surface area (Å²) in [5.41, 5.74) is 1.15.